The van der Waals surface area contributed by atoms with E-state index in [9.17, 15) is 0 Å². The van der Waals surface area contributed by atoms with Gasteiger partial charge in [-0.1, -0.05) is 0 Å². The lowest BCUT2D eigenvalue weighted by molar-refractivity contribution is 0.0821. The molecule has 0 radical (unpaired) electrons. The summed E-state index contributed by atoms with van der Waals surface area (Å²) in [6.07, 6.45) is 3.37. The summed E-state index contributed by atoms with van der Waals surface area (Å²) in [6.45, 7) is 12.4. The number of thiazole rings is 1. The number of rotatable bonds is 3. The molecule has 1 fully saturated rings. The Morgan fingerprint density at radius 2 is 2.32 bits per heavy atom. The highest BCUT2D eigenvalue weighted by Crippen LogP contribution is 2.24. The largest absolute Gasteiger partial charge is 0.377 e. The van der Waals surface area contributed by atoms with Crippen LogP contribution in [-0.2, 0) is 11.3 Å². The van der Waals surface area contributed by atoms with Crippen molar-refractivity contribution >= 4 is 16.5 Å². The number of hydrogen-bond donors (Lipinski definition) is 1. The summed E-state index contributed by atoms with van der Waals surface area (Å²) in [6, 6.07) is 0. The van der Waals surface area contributed by atoms with Crippen molar-refractivity contribution in [2.24, 2.45) is 0 Å². The third-order valence-electron chi connectivity index (χ3n) is 3.06. The number of nitrogens with zero attached hydrogens (tertiary/aromatic N) is 2. The van der Waals surface area contributed by atoms with Crippen LogP contribution in [0.5, 0.6) is 0 Å². The van der Waals surface area contributed by atoms with Gasteiger partial charge in [0.1, 0.15) is 0 Å². The van der Waals surface area contributed by atoms with E-state index in [1.165, 1.54) is 4.88 Å². The lowest BCUT2D eigenvalue weighted by atomic mass is 10.1. The molecule has 1 aliphatic rings. The highest BCUT2D eigenvalue weighted by molar-refractivity contribution is 7.15. The average Bonchev–Trinajstić information content (AvgIpc) is 2.68. The normalized spacial score (nSPS) is 21.5. The van der Waals surface area contributed by atoms with Crippen molar-refractivity contribution in [1.82, 2.24) is 10.3 Å². The van der Waals surface area contributed by atoms with Gasteiger partial charge in [-0.15, -0.1) is 11.3 Å². The molecular weight excluding hydrogens is 258 g/mol. The van der Waals surface area contributed by atoms with Gasteiger partial charge in [0.2, 0.25) is 0 Å². The molecule has 1 N–H and O–H groups in total. The fourth-order valence-electron chi connectivity index (χ4n) is 2.05. The Hall–Kier alpha value is -0.650. The first-order chi connectivity index (χ1) is 8.94. The fraction of sp³-hybridized carbons (Fsp3) is 0.786. The summed E-state index contributed by atoms with van der Waals surface area (Å²) in [5, 5.41) is 4.63. The van der Waals surface area contributed by atoms with Gasteiger partial charge in [0.25, 0.3) is 0 Å². The third kappa shape index (κ3) is 4.75. The molecule has 0 spiro atoms. The molecule has 1 aromatic rings. The van der Waals surface area contributed by atoms with Crippen molar-refractivity contribution in [3.8, 4) is 0 Å². The number of ether oxygens (including phenoxy) is 1. The number of aromatic nitrogens is 1. The van der Waals surface area contributed by atoms with E-state index in [0.717, 1.165) is 37.8 Å². The standard InChI is InChI=1S/C14H25N3OS/c1-11-10-17(6-5-7-18-11)13-15-8-12(19-13)9-16-14(2,3)4/h8,11,16H,5-7,9-10H2,1-4H3. The van der Waals surface area contributed by atoms with E-state index in [-0.39, 0.29) is 5.54 Å². The van der Waals surface area contributed by atoms with Crippen molar-refractivity contribution in [1.29, 1.82) is 0 Å². The summed E-state index contributed by atoms with van der Waals surface area (Å²) in [5.74, 6) is 0. The van der Waals surface area contributed by atoms with Crippen LogP contribution in [0.25, 0.3) is 0 Å². The summed E-state index contributed by atoms with van der Waals surface area (Å²) in [7, 11) is 0. The van der Waals surface area contributed by atoms with Gasteiger partial charge < -0.3 is 15.0 Å². The van der Waals surface area contributed by atoms with Crippen LogP contribution in [0.15, 0.2) is 6.20 Å². The van der Waals surface area contributed by atoms with Gasteiger partial charge in [-0.25, -0.2) is 4.98 Å². The van der Waals surface area contributed by atoms with Crippen LogP contribution < -0.4 is 10.2 Å². The molecule has 1 aromatic heterocycles. The van der Waals surface area contributed by atoms with E-state index in [1.807, 2.05) is 6.20 Å². The van der Waals surface area contributed by atoms with Crippen molar-refractivity contribution < 1.29 is 4.74 Å². The first kappa shape index (κ1) is 14.8. The minimum atomic E-state index is 0.148. The summed E-state index contributed by atoms with van der Waals surface area (Å²) < 4.78 is 5.68. The summed E-state index contributed by atoms with van der Waals surface area (Å²) in [4.78, 5) is 8.21. The molecule has 1 aliphatic heterocycles. The van der Waals surface area contributed by atoms with Crippen molar-refractivity contribution in [2.45, 2.75) is 52.3 Å². The Kier molecular flexibility index (Phi) is 4.81. The monoisotopic (exact) mass is 283 g/mol. The van der Waals surface area contributed by atoms with Crippen LogP contribution in [-0.4, -0.2) is 36.3 Å². The second-order valence-electron chi connectivity index (χ2n) is 6.19. The zero-order valence-electron chi connectivity index (χ0n) is 12.4. The molecule has 1 atom stereocenters. The molecule has 5 heteroatoms. The molecule has 4 nitrogen and oxygen atoms in total. The van der Waals surface area contributed by atoms with Gasteiger partial charge in [0.05, 0.1) is 6.10 Å². The third-order valence-corrected chi connectivity index (χ3v) is 4.12. The Bertz CT molecular complexity index is 400. The van der Waals surface area contributed by atoms with E-state index in [0.29, 0.717) is 6.10 Å². The maximum Gasteiger partial charge on any atom is 0.185 e. The molecule has 0 bridgehead atoms. The number of hydrogen-bond acceptors (Lipinski definition) is 5. The molecule has 0 saturated carbocycles. The lowest BCUT2D eigenvalue weighted by Crippen LogP contribution is -2.34. The predicted octanol–water partition coefficient (Wildman–Crippen LogP) is 2.65. The van der Waals surface area contributed by atoms with Crippen molar-refractivity contribution in [2.75, 3.05) is 24.6 Å². The van der Waals surface area contributed by atoms with E-state index >= 15 is 0 Å². The van der Waals surface area contributed by atoms with Crippen LogP contribution in [0.3, 0.4) is 0 Å². The molecule has 1 unspecified atom stereocenters. The topological polar surface area (TPSA) is 37.4 Å². The summed E-state index contributed by atoms with van der Waals surface area (Å²) >= 11 is 1.79. The van der Waals surface area contributed by atoms with E-state index in [1.54, 1.807) is 11.3 Å². The second kappa shape index (κ2) is 6.20. The Morgan fingerprint density at radius 3 is 3.05 bits per heavy atom. The zero-order valence-corrected chi connectivity index (χ0v) is 13.2. The van der Waals surface area contributed by atoms with Gasteiger partial charge >= 0.3 is 0 Å². The van der Waals surface area contributed by atoms with Gasteiger partial charge in [0, 0.05) is 42.9 Å². The van der Waals surface area contributed by atoms with Gasteiger partial charge in [-0.2, -0.15) is 0 Å². The van der Waals surface area contributed by atoms with Crippen LogP contribution in [0.1, 0.15) is 39.0 Å². The second-order valence-corrected chi connectivity index (χ2v) is 7.29. The molecule has 2 heterocycles. The molecular formula is C14H25N3OS. The van der Waals surface area contributed by atoms with Crippen LogP contribution in [0.2, 0.25) is 0 Å². The fourth-order valence-corrected chi connectivity index (χ4v) is 2.93. The molecule has 2 rings (SSSR count). The van der Waals surface area contributed by atoms with Crippen LogP contribution in [0.4, 0.5) is 5.13 Å². The van der Waals surface area contributed by atoms with E-state index in [4.69, 9.17) is 4.74 Å². The zero-order chi connectivity index (χ0) is 13.9. The first-order valence-electron chi connectivity index (χ1n) is 7.00. The van der Waals surface area contributed by atoms with Crippen LogP contribution in [0, 0.1) is 0 Å². The summed E-state index contributed by atoms with van der Waals surface area (Å²) in [5.41, 5.74) is 0.148. The van der Waals surface area contributed by atoms with Crippen molar-refractivity contribution in [3.63, 3.8) is 0 Å². The molecule has 19 heavy (non-hydrogen) atoms. The SMILES string of the molecule is CC1CN(c2ncc(CNC(C)(C)C)s2)CCCO1. The van der Waals surface area contributed by atoms with E-state index in [2.05, 4.69) is 42.9 Å². The number of nitrogens with one attached hydrogen (secondary N) is 1. The highest BCUT2D eigenvalue weighted by Gasteiger charge is 2.18. The van der Waals surface area contributed by atoms with E-state index < -0.39 is 0 Å². The minimum absolute atomic E-state index is 0.148. The predicted molar refractivity (Wildman–Crippen MR) is 81.0 cm³/mol. The Morgan fingerprint density at radius 1 is 1.53 bits per heavy atom. The molecule has 0 aliphatic carbocycles. The van der Waals surface area contributed by atoms with Gasteiger partial charge in [0.15, 0.2) is 5.13 Å². The first-order valence-corrected chi connectivity index (χ1v) is 7.82. The van der Waals surface area contributed by atoms with Crippen molar-refractivity contribution in [3.05, 3.63) is 11.1 Å². The molecule has 0 aromatic carbocycles. The quantitative estimate of drug-likeness (QED) is 0.925. The van der Waals surface area contributed by atoms with Crippen LogP contribution >= 0.6 is 11.3 Å². The maximum atomic E-state index is 5.68. The highest BCUT2D eigenvalue weighted by atomic mass is 32.1. The molecule has 1 saturated heterocycles. The maximum absolute atomic E-state index is 5.68. The lowest BCUT2D eigenvalue weighted by Gasteiger charge is -2.21. The molecule has 108 valence electrons. The van der Waals surface area contributed by atoms with Gasteiger partial charge in [-0.3, -0.25) is 0 Å². The Balaban J connectivity index is 1.95. The smallest absolute Gasteiger partial charge is 0.185 e. The average molecular weight is 283 g/mol. The molecule has 0 amide bonds. The Labute approximate surface area is 120 Å². The van der Waals surface area contributed by atoms with Gasteiger partial charge in [-0.05, 0) is 34.1 Å². The minimum Gasteiger partial charge on any atom is -0.377 e. The number of anilines is 1.